The highest BCUT2D eigenvalue weighted by molar-refractivity contribution is 6.37. The molecular formula is C44H22Cl8N4. The average Bonchev–Trinajstić information content (AvgIpc) is 3.94. The lowest BCUT2D eigenvalue weighted by molar-refractivity contribution is 1.31. The Kier molecular flexibility index (Phi) is 9.98. The van der Waals surface area contributed by atoms with Crippen LogP contribution in [0.2, 0.25) is 40.2 Å². The molecule has 3 aromatic heterocycles. The highest BCUT2D eigenvalue weighted by atomic mass is 35.5. The molecule has 0 spiro atoms. The van der Waals surface area contributed by atoms with E-state index in [2.05, 4.69) is 9.97 Å². The number of aromatic amines is 2. The Morgan fingerprint density at radius 1 is 0.286 bits per heavy atom. The summed E-state index contributed by atoms with van der Waals surface area (Å²) in [6.07, 6.45) is 7.86. The van der Waals surface area contributed by atoms with Crippen molar-refractivity contribution in [1.82, 2.24) is 19.9 Å². The molecule has 8 bridgehead atoms. The van der Waals surface area contributed by atoms with Crippen molar-refractivity contribution in [3.63, 3.8) is 0 Å². The van der Waals surface area contributed by atoms with Crippen molar-refractivity contribution in [3.8, 4) is 44.5 Å². The van der Waals surface area contributed by atoms with Crippen LogP contribution in [0.25, 0.3) is 90.9 Å². The summed E-state index contributed by atoms with van der Waals surface area (Å²) < 4.78 is 0. The molecule has 56 heavy (non-hydrogen) atoms. The molecular weight excluding hydrogens is 868 g/mol. The minimum Gasteiger partial charge on any atom is -0.354 e. The first-order valence-electron chi connectivity index (χ1n) is 17.0. The van der Waals surface area contributed by atoms with Crippen molar-refractivity contribution >= 4 is 139 Å². The molecule has 4 aromatic carbocycles. The maximum absolute atomic E-state index is 6.61. The van der Waals surface area contributed by atoms with E-state index in [1.54, 1.807) is 24.3 Å². The van der Waals surface area contributed by atoms with Gasteiger partial charge in [0, 0.05) is 84.5 Å². The molecule has 0 fully saturated rings. The van der Waals surface area contributed by atoms with Crippen molar-refractivity contribution in [3.05, 3.63) is 160 Å². The van der Waals surface area contributed by atoms with Crippen LogP contribution in [-0.4, -0.2) is 19.9 Å². The molecule has 274 valence electrons. The molecule has 2 N–H and O–H groups in total. The smallest absolute Gasteiger partial charge is 0.0737 e. The van der Waals surface area contributed by atoms with Crippen LogP contribution in [0.5, 0.6) is 0 Å². The minimum absolute atomic E-state index is 0.479. The van der Waals surface area contributed by atoms with Crippen LogP contribution in [0.15, 0.2) is 97.1 Å². The van der Waals surface area contributed by atoms with E-state index in [1.165, 1.54) is 0 Å². The number of aromatic nitrogens is 4. The summed E-state index contributed by atoms with van der Waals surface area (Å²) in [5.41, 5.74) is 11.8. The van der Waals surface area contributed by atoms with Crippen LogP contribution < -0.4 is 0 Å². The van der Waals surface area contributed by atoms with Crippen molar-refractivity contribution in [2.45, 2.75) is 0 Å². The third-order valence-electron chi connectivity index (χ3n) is 9.36. The van der Waals surface area contributed by atoms with Gasteiger partial charge in [0.1, 0.15) is 0 Å². The van der Waals surface area contributed by atoms with E-state index >= 15 is 0 Å². The van der Waals surface area contributed by atoms with Gasteiger partial charge in [0.2, 0.25) is 0 Å². The summed E-state index contributed by atoms with van der Waals surface area (Å²) >= 11 is 52.9. The molecule has 2 aliphatic heterocycles. The second-order valence-electron chi connectivity index (χ2n) is 13.1. The number of rotatable bonds is 4. The number of fused-ring (bicyclic) bond motifs is 8. The Labute approximate surface area is 360 Å². The molecule has 0 amide bonds. The normalized spacial score (nSPS) is 12.1. The second-order valence-corrected chi connectivity index (χ2v) is 16.6. The van der Waals surface area contributed by atoms with E-state index in [1.807, 2.05) is 97.1 Å². The van der Waals surface area contributed by atoms with Gasteiger partial charge in [-0.3, -0.25) is 0 Å². The summed E-state index contributed by atoms with van der Waals surface area (Å²) in [6.45, 7) is 0. The van der Waals surface area contributed by atoms with Gasteiger partial charge in [-0.2, -0.15) is 0 Å². The summed E-state index contributed by atoms with van der Waals surface area (Å²) in [7, 11) is 0. The van der Waals surface area contributed by atoms with Gasteiger partial charge in [-0.25, -0.2) is 9.97 Å². The fourth-order valence-corrected chi connectivity index (χ4v) is 9.32. The number of nitrogens with one attached hydrogen (secondary N) is 2. The van der Waals surface area contributed by atoms with Crippen LogP contribution in [-0.2, 0) is 0 Å². The predicted octanol–water partition coefficient (Wildman–Crippen LogP) is 16.6. The van der Waals surface area contributed by atoms with Crippen molar-refractivity contribution < 1.29 is 0 Å². The fourth-order valence-electron chi connectivity index (χ4n) is 7.21. The molecule has 0 saturated heterocycles. The van der Waals surface area contributed by atoms with Gasteiger partial charge in [0.25, 0.3) is 0 Å². The van der Waals surface area contributed by atoms with E-state index in [0.29, 0.717) is 63.0 Å². The van der Waals surface area contributed by atoms with Gasteiger partial charge in [-0.15, -0.1) is 0 Å². The second kappa shape index (κ2) is 14.9. The fraction of sp³-hybridized carbons (Fsp3) is 0. The van der Waals surface area contributed by atoms with E-state index < -0.39 is 0 Å². The first-order chi connectivity index (χ1) is 26.9. The summed E-state index contributed by atoms with van der Waals surface area (Å²) in [6, 6.07) is 29.6. The highest BCUT2D eigenvalue weighted by Crippen LogP contribution is 2.41. The Morgan fingerprint density at radius 3 is 0.679 bits per heavy atom. The zero-order valence-corrected chi connectivity index (χ0v) is 34.5. The lowest BCUT2D eigenvalue weighted by Gasteiger charge is -2.08. The standard InChI is InChI=1S/C44H22Cl8N4/c45-25-9-21(10-26(46)17-25)41-33-1-2-34(53-33)42(22-11-27(47)18-28(48)12-22)36-5-6-38(55-36)44(24-15-31(51)20-32(52)16-24)40-8-7-39(56-40)43(37-4-3-35(41)54-37)23-13-29(49)19-30(50)14-23/h1-20,53,56H. The van der Waals surface area contributed by atoms with Gasteiger partial charge < -0.3 is 9.97 Å². The number of halogens is 8. The molecule has 0 aliphatic carbocycles. The van der Waals surface area contributed by atoms with Gasteiger partial charge in [0.15, 0.2) is 0 Å². The first kappa shape index (κ1) is 37.4. The molecule has 0 atom stereocenters. The molecule has 9 rings (SSSR count). The maximum Gasteiger partial charge on any atom is 0.0737 e. The topological polar surface area (TPSA) is 57.4 Å². The summed E-state index contributed by atoms with van der Waals surface area (Å²) in [5.74, 6) is 0. The molecule has 0 radical (unpaired) electrons. The van der Waals surface area contributed by atoms with Crippen LogP contribution >= 0.6 is 92.8 Å². The number of benzene rings is 4. The number of nitrogens with zero attached hydrogens (tertiary/aromatic N) is 2. The van der Waals surface area contributed by atoms with Gasteiger partial charge in [0.05, 0.1) is 22.8 Å². The lowest BCUT2D eigenvalue weighted by Crippen LogP contribution is -1.90. The van der Waals surface area contributed by atoms with Crippen molar-refractivity contribution in [2.24, 2.45) is 0 Å². The van der Waals surface area contributed by atoms with E-state index in [9.17, 15) is 0 Å². The number of hydrogen-bond acceptors (Lipinski definition) is 2. The Morgan fingerprint density at radius 2 is 0.482 bits per heavy atom. The number of hydrogen-bond donors (Lipinski definition) is 2. The van der Waals surface area contributed by atoms with Crippen LogP contribution in [0, 0.1) is 0 Å². The molecule has 5 heterocycles. The van der Waals surface area contributed by atoms with E-state index in [4.69, 9.17) is 103 Å². The van der Waals surface area contributed by atoms with Crippen molar-refractivity contribution in [1.29, 1.82) is 0 Å². The Balaban J connectivity index is 1.50. The Hall–Kier alpha value is -4.20. The molecule has 2 aliphatic rings. The van der Waals surface area contributed by atoms with E-state index in [0.717, 1.165) is 66.6 Å². The molecule has 0 saturated carbocycles. The first-order valence-corrected chi connectivity index (χ1v) is 20.0. The molecule has 12 heteroatoms. The highest BCUT2D eigenvalue weighted by Gasteiger charge is 2.20. The average molecular weight is 890 g/mol. The third-order valence-corrected chi connectivity index (χ3v) is 11.1. The van der Waals surface area contributed by atoms with Crippen molar-refractivity contribution in [2.75, 3.05) is 0 Å². The lowest BCUT2D eigenvalue weighted by atomic mass is 10.0. The zero-order chi connectivity index (χ0) is 38.8. The van der Waals surface area contributed by atoms with Gasteiger partial charge in [-0.05, 0) is 144 Å². The summed E-state index contributed by atoms with van der Waals surface area (Å²) in [5, 5.41) is 3.84. The zero-order valence-electron chi connectivity index (χ0n) is 28.5. The molecule has 0 unspecified atom stereocenters. The van der Waals surface area contributed by atoms with Crippen LogP contribution in [0.3, 0.4) is 0 Å². The molecule has 7 aromatic rings. The monoisotopic (exact) mass is 886 g/mol. The summed E-state index contributed by atoms with van der Waals surface area (Å²) in [4.78, 5) is 17.9. The third kappa shape index (κ3) is 7.26. The largest absolute Gasteiger partial charge is 0.354 e. The van der Waals surface area contributed by atoms with E-state index in [-0.39, 0.29) is 0 Å². The van der Waals surface area contributed by atoms with Gasteiger partial charge in [-0.1, -0.05) is 92.8 Å². The number of H-pyrrole nitrogens is 2. The Bertz CT molecular complexity index is 2550. The minimum atomic E-state index is 0.479. The maximum atomic E-state index is 6.61. The SMILES string of the molecule is Clc1cc(Cl)cc(-c2c3nc(c(-c4cc(Cl)cc(Cl)c4)c4ccc([nH]4)c(-c4cc(Cl)cc(Cl)c4)c4nc(c(-c5cc(Cl)cc(Cl)c5)c5ccc2[nH]5)C=C4)C=C3)c1. The van der Waals surface area contributed by atoms with Gasteiger partial charge >= 0.3 is 0 Å². The van der Waals surface area contributed by atoms with Crippen LogP contribution in [0.4, 0.5) is 0 Å². The quantitative estimate of drug-likeness (QED) is 0.185. The molecule has 4 nitrogen and oxygen atoms in total. The van der Waals surface area contributed by atoms with Crippen LogP contribution in [0.1, 0.15) is 22.8 Å². The predicted molar refractivity (Wildman–Crippen MR) is 241 cm³/mol.